The smallest absolute Gasteiger partial charge is 0.156 e. The molecule has 0 saturated carbocycles. The van der Waals surface area contributed by atoms with E-state index in [1.54, 1.807) is 24.4 Å². The van der Waals surface area contributed by atoms with E-state index < -0.39 is 0 Å². The summed E-state index contributed by atoms with van der Waals surface area (Å²) in [7, 11) is 0. The lowest BCUT2D eigenvalue weighted by Gasteiger charge is -2.20. The Morgan fingerprint density at radius 3 is 2.70 bits per heavy atom. The van der Waals surface area contributed by atoms with E-state index in [2.05, 4.69) is 9.97 Å². The fraction of sp³-hybridized carbons (Fsp3) is 0.381. The fourth-order valence-electron chi connectivity index (χ4n) is 2.87. The zero-order valence-electron chi connectivity index (χ0n) is 15.9. The Labute approximate surface area is 158 Å². The van der Waals surface area contributed by atoms with Gasteiger partial charge in [-0.25, -0.2) is 14.4 Å². The first-order chi connectivity index (χ1) is 12.7. The van der Waals surface area contributed by atoms with Crippen LogP contribution in [0.2, 0.25) is 0 Å². The van der Waals surface area contributed by atoms with Crippen LogP contribution >= 0.6 is 0 Å². The van der Waals surface area contributed by atoms with Crippen LogP contribution in [0.5, 0.6) is 0 Å². The number of rotatable bonds is 4. The average molecular weight is 369 g/mol. The Kier molecular flexibility index (Phi) is 5.37. The minimum atomic E-state index is -0.379. The highest BCUT2D eigenvalue weighted by atomic mass is 19.1. The summed E-state index contributed by atoms with van der Waals surface area (Å²) >= 11 is 0. The molecule has 142 valence electrons. The first-order valence-corrected chi connectivity index (χ1v) is 9.02. The molecular weight excluding hydrogens is 345 g/mol. The molecule has 0 amide bonds. The van der Waals surface area contributed by atoms with Crippen molar-refractivity contribution in [1.29, 1.82) is 0 Å². The SMILES string of the molecule is CC(C)(C)OCc1ccc(-c2nc(C3=CC(=O)CCC3)cnc2N)cc1F. The van der Waals surface area contributed by atoms with Gasteiger partial charge in [0.25, 0.3) is 0 Å². The number of hydrogen-bond acceptors (Lipinski definition) is 5. The first kappa shape index (κ1) is 19.2. The van der Waals surface area contributed by atoms with E-state index in [0.717, 1.165) is 18.4 Å². The topological polar surface area (TPSA) is 78.1 Å². The molecule has 0 aliphatic heterocycles. The van der Waals surface area contributed by atoms with Crippen LogP contribution in [0, 0.1) is 5.82 Å². The van der Waals surface area contributed by atoms with Gasteiger partial charge in [0.15, 0.2) is 5.78 Å². The van der Waals surface area contributed by atoms with Crippen molar-refractivity contribution in [3.8, 4) is 11.3 Å². The van der Waals surface area contributed by atoms with Gasteiger partial charge in [-0.15, -0.1) is 0 Å². The Balaban J connectivity index is 1.91. The fourth-order valence-corrected chi connectivity index (χ4v) is 2.87. The van der Waals surface area contributed by atoms with Gasteiger partial charge < -0.3 is 10.5 Å². The van der Waals surface area contributed by atoms with Crippen molar-refractivity contribution >= 4 is 17.2 Å². The number of anilines is 1. The lowest BCUT2D eigenvalue weighted by atomic mass is 9.96. The molecule has 5 nitrogen and oxygen atoms in total. The number of nitrogens with two attached hydrogens (primary N) is 1. The molecule has 0 unspecified atom stereocenters. The highest BCUT2D eigenvalue weighted by Gasteiger charge is 2.17. The van der Waals surface area contributed by atoms with Crippen molar-refractivity contribution in [2.45, 2.75) is 52.2 Å². The van der Waals surface area contributed by atoms with Gasteiger partial charge in [-0.05, 0) is 51.3 Å². The predicted molar refractivity (Wildman–Crippen MR) is 103 cm³/mol. The zero-order chi connectivity index (χ0) is 19.6. The second-order valence-corrected chi connectivity index (χ2v) is 7.69. The quantitative estimate of drug-likeness (QED) is 0.868. The summed E-state index contributed by atoms with van der Waals surface area (Å²) in [5.41, 5.74) is 8.50. The largest absolute Gasteiger partial charge is 0.382 e. The van der Waals surface area contributed by atoms with E-state index in [4.69, 9.17) is 10.5 Å². The third-order valence-corrected chi connectivity index (χ3v) is 4.32. The molecule has 0 atom stereocenters. The second-order valence-electron chi connectivity index (χ2n) is 7.69. The molecular formula is C21H24FN3O2. The Bertz CT molecular complexity index is 901. The Hall–Kier alpha value is -2.60. The third kappa shape index (κ3) is 4.77. The number of hydrogen-bond donors (Lipinski definition) is 1. The van der Waals surface area contributed by atoms with Crippen LogP contribution in [0.15, 0.2) is 30.5 Å². The normalized spacial score (nSPS) is 15.0. The molecule has 1 aliphatic rings. The number of ether oxygens (including phenoxy) is 1. The highest BCUT2D eigenvalue weighted by Crippen LogP contribution is 2.29. The maximum Gasteiger partial charge on any atom is 0.156 e. The zero-order valence-corrected chi connectivity index (χ0v) is 15.9. The van der Waals surface area contributed by atoms with Crippen LogP contribution in [-0.4, -0.2) is 21.4 Å². The summed E-state index contributed by atoms with van der Waals surface area (Å²) in [4.78, 5) is 20.4. The van der Waals surface area contributed by atoms with E-state index in [0.29, 0.717) is 28.9 Å². The third-order valence-electron chi connectivity index (χ3n) is 4.32. The van der Waals surface area contributed by atoms with Crippen molar-refractivity contribution in [3.05, 3.63) is 47.5 Å². The van der Waals surface area contributed by atoms with Gasteiger partial charge >= 0.3 is 0 Å². The number of nitrogens with zero attached hydrogens (tertiary/aromatic N) is 2. The van der Waals surface area contributed by atoms with Crippen LogP contribution in [0.4, 0.5) is 10.2 Å². The molecule has 1 aromatic carbocycles. The lowest BCUT2D eigenvalue weighted by molar-refractivity contribution is -0.114. The van der Waals surface area contributed by atoms with Gasteiger partial charge in [-0.1, -0.05) is 12.1 Å². The average Bonchev–Trinajstić information content (AvgIpc) is 2.60. The predicted octanol–water partition coefficient (Wildman–Crippen LogP) is 4.32. The minimum absolute atomic E-state index is 0.0886. The Morgan fingerprint density at radius 2 is 2.04 bits per heavy atom. The molecule has 6 heteroatoms. The molecule has 0 radical (unpaired) electrons. The number of ketones is 1. The maximum absolute atomic E-state index is 14.5. The van der Waals surface area contributed by atoms with Gasteiger partial charge in [0.2, 0.25) is 0 Å². The molecule has 1 heterocycles. The van der Waals surface area contributed by atoms with Crippen molar-refractivity contribution in [2.24, 2.45) is 0 Å². The number of carbonyl (C=O) groups is 1. The highest BCUT2D eigenvalue weighted by molar-refractivity contribution is 5.98. The van der Waals surface area contributed by atoms with Crippen molar-refractivity contribution in [3.63, 3.8) is 0 Å². The van der Waals surface area contributed by atoms with Crippen molar-refractivity contribution in [2.75, 3.05) is 5.73 Å². The van der Waals surface area contributed by atoms with Gasteiger partial charge in [0.05, 0.1) is 24.1 Å². The summed E-state index contributed by atoms with van der Waals surface area (Å²) < 4.78 is 20.2. The van der Waals surface area contributed by atoms with Crippen LogP contribution in [0.25, 0.3) is 16.8 Å². The van der Waals surface area contributed by atoms with E-state index in [1.807, 2.05) is 20.8 Å². The monoisotopic (exact) mass is 369 g/mol. The number of aromatic nitrogens is 2. The number of nitrogen functional groups attached to an aromatic ring is 1. The Morgan fingerprint density at radius 1 is 1.26 bits per heavy atom. The summed E-state index contributed by atoms with van der Waals surface area (Å²) in [5.74, 6) is -0.0688. The minimum Gasteiger partial charge on any atom is -0.382 e. The number of carbonyl (C=O) groups excluding carboxylic acids is 1. The van der Waals surface area contributed by atoms with Crippen molar-refractivity contribution < 1.29 is 13.9 Å². The van der Waals surface area contributed by atoms with E-state index in [9.17, 15) is 9.18 Å². The number of benzene rings is 1. The standard InChI is InChI=1S/C21H24FN3O2/c1-21(2,3)27-12-15-8-7-14(10-17(15)22)19-20(23)24-11-18(25-19)13-5-4-6-16(26)9-13/h7-11H,4-6,12H2,1-3H3,(H2,23,24). The summed E-state index contributed by atoms with van der Waals surface area (Å²) in [6, 6.07) is 4.83. The first-order valence-electron chi connectivity index (χ1n) is 9.02. The summed E-state index contributed by atoms with van der Waals surface area (Å²) in [6.07, 6.45) is 5.29. The summed E-state index contributed by atoms with van der Waals surface area (Å²) in [5, 5.41) is 0. The molecule has 0 bridgehead atoms. The van der Waals surface area contributed by atoms with E-state index >= 15 is 0 Å². The van der Waals surface area contributed by atoms with E-state index in [-0.39, 0.29) is 29.6 Å². The molecule has 1 aliphatic carbocycles. The summed E-state index contributed by atoms with van der Waals surface area (Å²) in [6.45, 7) is 5.95. The van der Waals surface area contributed by atoms with Crippen LogP contribution < -0.4 is 5.73 Å². The van der Waals surface area contributed by atoms with Crippen LogP contribution in [0.3, 0.4) is 0 Å². The van der Waals surface area contributed by atoms with Gasteiger partial charge in [0.1, 0.15) is 17.3 Å². The number of halogens is 1. The van der Waals surface area contributed by atoms with Crippen LogP contribution in [0.1, 0.15) is 51.3 Å². The van der Waals surface area contributed by atoms with Gasteiger partial charge in [0, 0.05) is 17.5 Å². The van der Waals surface area contributed by atoms with Crippen LogP contribution in [-0.2, 0) is 16.1 Å². The van der Waals surface area contributed by atoms with Gasteiger partial charge in [-0.3, -0.25) is 4.79 Å². The van der Waals surface area contributed by atoms with Crippen molar-refractivity contribution in [1.82, 2.24) is 9.97 Å². The molecule has 0 saturated heterocycles. The maximum atomic E-state index is 14.5. The molecule has 2 N–H and O–H groups in total. The molecule has 2 aromatic rings. The van der Waals surface area contributed by atoms with Gasteiger partial charge in [-0.2, -0.15) is 0 Å². The molecule has 0 spiro atoms. The van der Waals surface area contributed by atoms with E-state index in [1.165, 1.54) is 6.07 Å². The number of allylic oxidation sites excluding steroid dienone is 2. The lowest BCUT2D eigenvalue weighted by Crippen LogP contribution is -2.19. The second kappa shape index (κ2) is 7.56. The molecule has 27 heavy (non-hydrogen) atoms. The molecule has 3 rings (SSSR count). The molecule has 0 fully saturated rings. The molecule has 1 aromatic heterocycles.